The summed E-state index contributed by atoms with van der Waals surface area (Å²) in [5.41, 5.74) is 0.670. The van der Waals surface area contributed by atoms with Crippen LogP contribution in [0.3, 0.4) is 0 Å². The number of nitrogens with zero attached hydrogens (tertiary/aromatic N) is 1. The van der Waals surface area contributed by atoms with Crippen LogP contribution in [0.25, 0.3) is 11.0 Å². The zero-order valence-electron chi connectivity index (χ0n) is 17.6. The molecule has 0 radical (unpaired) electrons. The normalized spacial score (nSPS) is 20.2. The van der Waals surface area contributed by atoms with Crippen LogP contribution in [0.15, 0.2) is 36.4 Å². The first-order chi connectivity index (χ1) is 15.4. The van der Waals surface area contributed by atoms with Crippen molar-refractivity contribution in [3.63, 3.8) is 0 Å². The van der Waals surface area contributed by atoms with Crippen LogP contribution in [-0.4, -0.2) is 35.1 Å². The van der Waals surface area contributed by atoms with Crippen LogP contribution in [-0.2, 0) is 6.18 Å². The molecule has 33 heavy (non-hydrogen) atoms. The number of carbonyl (C=O) groups excluding carboxylic acids is 1. The Kier molecular flexibility index (Phi) is 6.43. The fourth-order valence-electron chi connectivity index (χ4n) is 4.42. The predicted molar refractivity (Wildman–Crippen MR) is 118 cm³/mol. The van der Waals surface area contributed by atoms with Gasteiger partial charge >= 0.3 is 6.18 Å². The van der Waals surface area contributed by atoms with E-state index in [9.17, 15) is 18.0 Å². The van der Waals surface area contributed by atoms with Gasteiger partial charge in [-0.2, -0.15) is 13.2 Å². The molecule has 1 saturated carbocycles. The van der Waals surface area contributed by atoms with Gasteiger partial charge in [-0.1, -0.05) is 6.42 Å². The largest absolute Gasteiger partial charge is 0.486 e. The third-order valence-electron chi connectivity index (χ3n) is 6.03. The number of hydrogen-bond donors (Lipinski definition) is 2. The van der Waals surface area contributed by atoms with Gasteiger partial charge in [0.2, 0.25) is 0 Å². The van der Waals surface area contributed by atoms with Gasteiger partial charge < -0.3 is 19.8 Å². The Morgan fingerprint density at radius 1 is 1.06 bits per heavy atom. The number of aromatic nitrogens is 2. The Morgan fingerprint density at radius 3 is 2.64 bits per heavy atom. The highest BCUT2D eigenvalue weighted by atomic mass is 35.5. The Balaban J connectivity index is 0.00000259. The number of aromatic amines is 1. The zero-order valence-corrected chi connectivity index (χ0v) is 18.4. The second kappa shape index (κ2) is 9.13. The van der Waals surface area contributed by atoms with E-state index in [4.69, 9.17) is 9.47 Å². The molecule has 5 rings (SSSR count). The number of hydrogen-bond acceptors (Lipinski definition) is 4. The lowest BCUT2D eigenvalue weighted by atomic mass is 9.85. The van der Waals surface area contributed by atoms with Gasteiger partial charge in [-0.15, -0.1) is 12.4 Å². The molecule has 0 bridgehead atoms. The van der Waals surface area contributed by atoms with E-state index < -0.39 is 11.7 Å². The van der Waals surface area contributed by atoms with Gasteiger partial charge in [0.15, 0.2) is 11.5 Å². The van der Waals surface area contributed by atoms with Crippen LogP contribution < -0.4 is 14.8 Å². The van der Waals surface area contributed by atoms with E-state index >= 15 is 0 Å². The molecule has 2 N–H and O–H groups in total. The maximum atomic E-state index is 13.0. The number of carbonyl (C=O) groups is 1. The summed E-state index contributed by atoms with van der Waals surface area (Å²) in [6.07, 6.45) is -1.14. The summed E-state index contributed by atoms with van der Waals surface area (Å²) in [5, 5.41) is 3.08. The summed E-state index contributed by atoms with van der Waals surface area (Å²) in [6, 6.07) is 8.62. The monoisotopic (exact) mass is 481 g/mol. The zero-order chi connectivity index (χ0) is 22.3. The van der Waals surface area contributed by atoms with Crippen molar-refractivity contribution in [1.29, 1.82) is 0 Å². The number of halogens is 4. The number of H-pyrrole nitrogens is 1. The highest BCUT2D eigenvalue weighted by Crippen LogP contribution is 2.35. The number of ether oxygens (including phenoxy) is 2. The van der Waals surface area contributed by atoms with Crippen LogP contribution in [0.2, 0.25) is 0 Å². The summed E-state index contributed by atoms with van der Waals surface area (Å²) < 4.78 is 50.0. The molecule has 1 amide bonds. The molecule has 2 heterocycles. The molecule has 0 saturated heterocycles. The van der Waals surface area contributed by atoms with E-state index in [1.54, 1.807) is 18.2 Å². The Morgan fingerprint density at radius 2 is 1.85 bits per heavy atom. The average Bonchev–Trinajstić information content (AvgIpc) is 3.22. The molecule has 10 heteroatoms. The molecule has 2 aromatic carbocycles. The van der Waals surface area contributed by atoms with E-state index in [1.165, 1.54) is 6.07 Å². The molecular formula is C23H23ClF3N3O3. The van der Waals surface area contributed by atoms with E-state index in [0.29, 0.717) is 53.6 Å². The van der Waals surface area contributed by atoms with Crippen molar-refractivity contribution in [3.8, 4) is 11.5 Å². The SMILES string of the molecule is Cl.O=C(N[C@H]1CCC[C@@H](c2nc3cc(C(F)(F)F)ccc3[nH]2)C1)c1ccc2c(c1)OCCO2. The highest BCUT2D eigenvalue weighted by molar-refractivity contribution is 5.95. The lowest BCUT2D eigenvalue weighted by molar-refractivity contribution is -0.137. The van der Waals surface area contributed by atoms with Gasteiger partial charge in [0.25, 0.3) is 5.91 Å². The number of benzene rings is 2. The second-order valence-electron chi connectivity index (χ2n) is 8.24. The van der Waals surface area contributed by atoms with E-state index in [-0.39, 0.29) is 30.3 Å². The third-order valence-corrected chi connectivity index (χ3v) is 6.03. The van der Waals surface area contributed by atoms with Crippen LogP contribution in [0, 0.1) is 0 Å². The molecular weight excluding hydrogens is 459 g/mol. The maximum absolute atomic E-state index is 13.0. The number of nitrogens with one attached hydrogen (secondary N) is 2. The summed E-state index contributed by atoms with van der Waals surface area (Å²) >= 11 is 0. The minimum atomic E-state index is -4.40. The summed E-state index contributed by atoms with van der Waals surface area (Å²) in [7, 11) is 0. The maximum Gasteiger partial charge on any atom is 0.416 e. The van der Waals surface area contributed by atoms with Crippen LogP contribution in [0.1, 0.15) is 53.3 Å². The van der Waals surface area contributed by atoms with Crippen molar-refractivity contribution in [3.05, 3.63) is 53.3 Å². The van der Waals surface area contributed by atoms with Gasteiger partial charge in [0.1, 0.15) is 19.0 Å². The molecule has 0 spiro atoms. The van der Waals surface area contributed by atoms with E-state index in [0.717, 1.165) is 31.4 Å². The molecule has 176 valence electrons. The molecule has 2 aliphatic rings. The van der Waals surface area contributed by atoms with Gasteiger partial charge in [0, 0.05) is 17.5 Å². The molecule has 6 nitrogen and oxygen atoms in total. The quantitative estimate of drug-likeness (QED) is 0.537. The fourth-order valence-corrected chi connectivity index (χ4v) is 4.42. The van der Waals surface area contributed by atoms with Crippen LogP contribution in [0.5, 0.6) is 11.5 Å². The highest BCUT2D eigenvalue weighted by Gasteiger charge is 2.31. The number of alkyl halides is 3. The van der Waals surface area contributed by atoms with Crippen molar-refractivity contribution in [2.45, 2.75) is 43.8 Å². The minimum absolute atomic E-state index is 0. The smallest absolute Gasteiger partial charge is 0.416 e. The summed E-state index contributed by atoms with van der Waals surface area (Å²) in [6.45, 7) is 0.936. The Labute approximate surface area is 194 Å². The predicted octanol–water partition coefficient (Wildman–Crippen LogP) is 5.23. The third kappa shape index (κ3) is 4.88. The van der Waals surface area contributed by atoms with Crippen molar-refractivity contribution in [2.75, 3.05) is 13.2 Å². The molecule has 1 aliphatic heterocycles. The van der Waals surface area contributed by atoms with Crippen LogP contribution in [0.4, 0.5) is 13.2 Å². The summed E-state index contributed by atoms with van der Waals surface area (Å²) in [4.78, 5) is 20.4. The lowest BCUT2D eigenvalue weighted by Gasteiger charge is -2.29. The molecule has 1 fully saturated rings. The number of fused-ring (bicyclic) bond motifs is 2. The van der Waals surface area contributed by atoms with E-state index in [2.05, 4.69) is 15.3 Å². The van der Waals surface area contributed by atoms with E-state index in [1.807, 2.05) is 0 Å². The first-order valence-electron chi connectivity index (χ1n) is 10.6. The average molecular weight is 482 g/mol. The number of imidazole rings is 1. The van der Waals surface area contributed by atoms with Gasteiger partial charge in [0.05, 0.1) is 16.6 Å². The van der Waals surface area contributed by atoms with Gasteiger partial charge in [-0.05, 0) is 55.7 Å². The van der Waals surface area contributed by atoms with Crippen molar-refractivity contribution >= 4 is 29.3 Å². The lowest BCUT2D eigenvalue weighted by Crippen LogP contribution is -2.38. The fraction of sp³-hybridized carbons (Fsp3) is 0.391. The Bertz CT molecular complexity index is 1160. The number of rotatable bonds is 3. The van der Waals surface area contributed by atoms with Gasteiger partial charge in [-0.25, -0.2) is 4.98 Å². The second-order valence-corrected chi connectivity index (χ2v) is 8.24. The Hall–Kier alpha value is -2.94. The van der Waals surface area contributed by atoms with Crippen molar-refractivity contribution in [2.24, 2.45) is 0 Å². The topological polar surface area (TPSA) is 76.2 Å². The van der Waals surface area contributed by atoms with Gasteiger partial charge in [-0.3, -0.25) is 4.79 Å². The molecule has 0 unspecified atom stereocenters. The van der Waals surface area contributed by atoms with Crippen molar-refractivity contribution < 1.29 is 27.4 Å². The standard InChI is InChI=1S/C23H22F3N3O3.ClH/c24-23(25,26)15-5-6-17-18(12-15)29-21(28-17)13-2-1-3-16(10-13)27-22(30)14-4-7-19-20(11-14)32-9-8-31-19;/h4-7,11-13,16H,1-3,8-10H2,(H,27,30)(H,28,29);1H/t13-,16+;/m1./s1. The first kappa shape index (κ1) is 23.2. The molecule has 1 aliphatic carbocycles. The minimum Gasteiger partial charge on any atom is -0.486 e. The van der Waals surface area contributed by atoms with Crippen molar-refractivity contribution in [1.82, 2.24) is 15.3 Å². The molecule has 1 aromatic heterocycles. The van der Waals surface area contributed by atoms with Crippen LogP contribution >= 0.6 is 12.4 Å². The molecule has 3 aromatic rings. The summed E-state index contributed by atoms with van der Waals surface area (Å²) in [5.74, 6) is 1.70. The number of amides is 1. The molecule has 2 atom stereocenters. The first-order valence-corrected chi connectivity index (χ1v) is 10.6.